The smallest absolute Gasteiger partial charge is 0.395 e. The second-order valence-corrected chi connectivity index (χ2v) is 6.81. The SMILES string of the molecule is O=C(CCC1CCOC1)c1cc(COCc2ccc3c(c2)OC(F)(F)O3)on1. The number of ketones is 1. The van der Waals surface area contributed by atoms with Crippen LogP contribution >= 0.6 is 0 Å². The fraction of sp³-hybridized carbons (Fsp3) is 0.474. The van der Waals surface area contributed by atoms with Crippen LogP contribution in [0.1, 0.15) is 41.1 Å². The summed E-state index contributed by atoms with van der Waals surface area (Å²) in [5, 5.41) is 3.79. The zero-order valence-corrected chi connectivity index (χ0v) is 15.0. The van der Waals surface area contributed by atoms with E-state index in [-0.39, 0.29) is 36.2 Å². The molecule has 0 saturated carbocycles. The van der Waals surface area contributed by atoms with Crippen LogP contribution in [0.3, 0.4) is 0 Å². The lowest BCUT2D eigenvalue weighted by Crippen LogP contribution is -2.25. The van der Waals surface area contributed by atoms with Gasteiger partial charge in [-0.3, -0.25) is 4.79 Å². The molecular formula is C19H19F2NO6. The summed E-state index contributed by atoms with van der Waals surface area (Å²) in [5.74, 6) is 0.723. The van der Waals surface area contributed by atoms with Gasteiger partial charge in [-0.2, -0.15) is 0 Å². The lowest BCUT2D eigenvalue weighted by atomic mass is 10.00. The Balaban J connectivity index is 1.24. The van der Waals surface area contributed by atoms with Crippen molar-refractivity contribution < 1.29 is 37.0 Å². The van der Waals surface area contributed by atoms with Crippen LogP contribution < -0.4 is 9.47 Å². The number of carbonyl (C=O) groups is 1. The molecule has 1 unspecified atom stereocenters. The van der Waals surface area contributed by atoms with E-state index in [0.29, 0.717) is 30.3 Å². The van der Waals surface area contributed by atoms with Gasteiger partial charge in [0, 0.05) is 25.7 Å². The zero-order chi connectivity index (χ0) is 19.6. The number of carbonyl (C=O) groups excluding carboxylic acids is 1. The van der Waals surface area contributed by atoms with Crippen LogP contribution in [0, 0.1) is 5.92 Å². The Morgan fingerprint density at radius 2 is 2.07 bits per heavy atom. The zero-order valence-electron chi connectivity index (χ0n) is 15.0. The van der Waals surface area contributed by atoms with Crippen molar-refractivity contribution >= 4 is 5.78 Å². The van der Waals surface area contributed by atoms with Crippen molar-refractivity contribution in [3.63, 3.8) is 0 Å². The Labute approximate surface area is 159 Å². The number of Topliss-reactive ketones (excluding diaryl/α,β-unsaturated/α-hetero) is 1. The van der Waals surface area contributed by atoms with Crippen molar-refractivity contribution in [2.75, 3.05) is 13.2 Å². The van der Waals surface area contributed by atoms with Gasteiger partial charge in [0.2, 0.25) is 0 Å². The second kappa shape index (κ2) is 7.84. The van der Waals surface area contributed by atoms with Gasteiger partial charge in [-0.05, 0) is 36.5 Å². The van der Waals surface area contributed by atoms with E-state index in [0.717, 1.165) is 19.4 Å². The molecule has 28 heavy (non-hydrogen) atoms. The van der Waals surface area contributed by atoms with E-state index < -0.39 is 6.29 Å². The highest BCUT2D eigenvalue weighted by atomic mass is 19.3. The monoisotopic (exact) mass is 395 g/mol. The van der Waals surface area contributed by atoms with Crippen molar-refractivity contribution in [3.8, 4) is 11.5 Å². The van der Waals surface area contributed by atoms with E-state index in [1.54, 1.807) is 12.1 Å². The molecule has 0 N–H and O–H groups in total. The van der Waals surface area contributed by atoms with Gasteiger partial charge in [0.1, 0.15) is 12.3 Å². The first kappa shape index (κ1) is 18.8. The molecule has 3 heterocycles. The number of nitrogens with zero attached hydrogens (tertiary/aromatic N) is 1. The number of hydrogen-bond donors (Lipinski definition) is 0. The molecule has 1 atom stereocenters. The van der Waals surface area contributed by atoms with Crippen LogP contribution in [0.2, 0.25) is 0 Å². The lowest BCUT2D eigenvalue weighted by Gasteiger charge is -2.04. The summed E-state index contributed by atoms with van der Waals surface area (Å²) in [6, 6.07) is 5.99. The number of halogens is 2. The number of ether oxygens (including phenoxy) is 4. The van der Waals surface area contributed by atoms with Gasteiger partial charge in [-0.1, -0.05) is 11.2 Å². The third-order valence-electron chi connectivity index (χ3n) is 4.63. The van der Waals surface area contributed by atoms with E-state index in [2.05, 4.69) is 14.6 Å². The van der Waals surface area contributed by atoms with Crippen molar-refractivity contribution in [3.05, 3.63) is 41.3 Å². The summed E-state index contributed by atoms with van der Waals surface area (Å²) in [5.41, 5.74) is 0.914. The summed E-state index contributed by atoms with van der Waals surface area (Å²) in [7, 11) is 0. The van der Waals surface area contributed by atoms with Gasteiger partial charge in [0.05, 0.1) is 6.61 Å². The van der Waals surface area contributed by atoms with E-state index in [1.807, 2.05) is 0 Å². The van der Waals surface area contributed by atoms with Gasteiger partial charge in [-0.25, -0.2) is 0 Å². The average molecular weight is 395 g/mol. The molecular weight excluding hydrogens is 376 g/mol. The Morgan fingerprint density at radius 1 is 1.21 bits per heavy atom. The highest BCUT2D eigenvalue weighted by molar-refractivity contribution is 5.94. The van der Waals surface area contributed by atoms with E-state index in [1.165, 1.54) is 12.1 Å². The van der Waals surface area contributed by atoms with Gasteiger partial charge < -0.3 is 23.5 Å². The third kappa shape index (κ3) is 4.48. The number of fused-ring (bicyclic) bond motifs is 1. The predicted octanol–water partition coefficient (Wildman–Crippen LogP) is 3.71. The standard InChI is InChI=1S/C19H19F2NO6/c20-19(21)26-17-4-2-13(7-18(17)27-19)10-25-11-14-8-15(22-28-14)16(23)3-1-12-5-6-24-9-12/h2,4,7-8,12H,1,3,5-6,9-11H2. The molecule has 0 bridgehead atoms. The van der Waals surface area contributed by atoms with Crippen molar-refractivity contribution in [1.29, 1.82) is 0 Å². The molecule has 150 valence electrons. The lowest BCUT2D eigenvalue weighted by molar-refractivity contribution is -0.286. The van der Waals surface area contributed by atoms with Crippen LogP contribution in [0.5, 0.6) is 11.5 Å². The second-order valence-electron chi connectivity index (χ2n) is 6.81. The average Bonchev–Trinajstić information content (AvgIpc) is 3.38. The van der Waals surface area contributed by atoms with Crippen molar-refractivity contribution in [2.45, 2.75) is 38.8 Å². The third-order valence-corrected chi connectivity index (χ3v) is 4.63. The molecule has 0 aliphatic carbocycles. The van der Waals surface area contributed by atoms with Gasteiger partial charge in [0.15, 0.2) is 23.0 Å². The van der Waals surface area contributed by atoms with Crippen molar-refractivity contribution in [2.24, 2.45) is 5.92 Å². The molecule has 1 saturated heterocycles. The quantitative estimate of drug-likeness (QED) is 0.631. The van der Waals surface area contributed by atoms with Crippen LogP contribution in [0.15, 0.2) is 28.8 Å². The summed E-state index contributed by atoms with van der Waals surface area (Å²) < 4.78 is 50.7. The molecule has 2 aliphatic rings. The predicted molar refractivity (Wildman–Crippen MR) is 90.1 cm³/mol. The molecule has 1 fully saturated rings. The fourth-order valence-corrected chi connectivity index (χ4v) is 3.14. The normalized spacial score (nSPS) is 19.9. The summed E-state index contributed by atoms with van der Waals surface area (Å²) >= 11 is 0. The molecule has 0 amide bonds. The number of aromatic nitrogens is 1. The molecule has 1 aromatic heterocycles. The molecule has 7 nitrogen and oxygen atoms in total. The van der Waals surface area contributed by atoms with Gasteiger partial charge in [-0.15, -0.1) is 8.78 Å². The first-order chi connectivity index (χ1) is 13.5. The number of rotatable bonds is 8. The largest absolute Gasteiger partial charge is 0.586 e. The summed E-state index contributed by atoms with van der Waals surface area (Å²) in [6.07, 6.45) is -1.47. The van der Waals surface area contributed by atoms with Crippen LogP contribution in [-0.2, 0) is 22.7 Å². The Bertz CT molecular complexity index is 847. The molecule has 4 rings (SSSR count). The molecule has 0 radical (unpaired) electrons. The maximum Gasteiger partial charge on any atom is 0.586 e. The minimum Gasteiger partial charge on any atom is -0.395 e. The van der Waals surface area contributed by atoms with Crippen LogP contribution in [0.4, 0.5) is 8.78 Å². The molecule has 1 aromatic carbocycles. The van der Waals surface area contributed by atoms with Gasteiger partial charge in [0.25, 0.3) is 0 Å². The van der Waals surface area contributed by atoms with E-state index in [4.69, 9.17) is 14.0 Å². The van der Waals surface area contributed by atoms with Crippen molar-refractivity contribution in [1.82, 2.24) is 5.16 Å². The maximum absolute atomic E-state index is 13.0. The van der Waals surface area contributed by atoms with E-state index in [9.17, 15) is 13.6 Å². The highest BCUT2D eigenvalue weighted by Gasteiger charge is 2.43. The molecule has 2 aliphatic heterocycles. The first-order valence-corrected chi connectivity index (χ1v) is 9.01. The molecule has 0 spiro atoms. The number of benzene rings is 1. The fourth-order valence-electron chi connectivity index (χ4n) is 3.14. The van der Waals surface area contributed by atoms with Crippen LogP contribution in [0.25, 0.3) is 0 Å². The van der Waals surface area contributed by atoms with E-state index >= 15 is 0 Å². The maximum atomic E-state index is 13.0. The van der Waals surface area contributed by atoms with Crippen LogP contribution in [-0.4, -0.2) is 30.4 Å². The highest BCUT2D eigenvalue weighted by Crippen LogP contribution is 2.41. The Morgan fingerprint density at radius 3 is 2.89 bits per heavy atom. The Hall–Kier alpha value is -2.52. The number of hydrogen-bond acceptors (Lipinski definition) is 7. The Kier molecular flexibility index (Phi) is 5.27. The molecule has 2 aromatic rings. The number of alkyl halides is 2. The minimum absolute atomic E-state index is 0.0173. The molecule has 9 heteroatoms. The summed E-state index contributed by atoms with van der Waals surface area (Å²) in [4.78, 5) is 12.2. The minimum atomic E-state index is -3.64. The first-order valence-electron chi connectivity index (χ1n) is 9.01. The summed E-state index contributed by atoms with van der Waals surface area (Å²) in [6.45, 7) is 1.72. The topological polar surface area (TPSA) is 80.0 Å². The van der Waals surface area contributed by atoms with Gasteiger partial charge >= 0.3 is 6.29 Å².